The van der Waals surface area contributed by atoms with Gasteiger partial charge in [0.15, 0.2) is 5.82 Å². The van der Waals surface area contributed by atoms with Gasteiger partial charge in [-0.2, -0.15) is 0 Å². The van der Waals surface area contributed by atoms with E-state index in [1.54, 1.807) is 24.2 Å². The molecule has 3 rings (SSSR count). The van der Waals surface area contributed by atoms with Crippen molar-refractivity contribution in [2.75, 3.05) is 45.2 Å². The molecular formula is C20H27N5OS. The zero-order valence-corrected chi connectivity index (χ0v) is 16.8. The maximum absolute atomic E-state index is 12.4. The zero-order chi connectivity index (χ0) is 19.1. The molecular weight excluding hydrogens is 358 g/mol. The number of anilines is 1. The van der Waals surface area contributed by atoms with Gasteiger partial charge in [-0.1, -0.05) is 30.0 Å². The van der Waals surface area contributed by atoms with Gasteiger partial charge in [0.1, 0.15) is 5.03 Å². The first-order valence-corrected chi connectivity index (χ1v) is 10.2. The fourth-order valence-electron chi connectivity index (χ4n) is 3.11. The lowest BCUT2D eigenvalue weighted by molar-refractivity contribution is -0.125. The van der Waals surface area contributed by atoms with Gasteiger partial charge in [0, 0.05) is 49.4 Å². The molecule has 2 aromatic rings. The average Bonchev–Trinajstić information content (AvgIpc) is 2.69. The molecule has 0 radical (unpaired) electrons. The summed E-state index contributed by atoms with van der Waals surface area (Å²) in [4.78, 5) is 26.9. The normalized spacial score (nSPS) is 15.1. The Morgan fingerprint density at radius 1 is 1.19 bits per heavy atom. The molecule has 0 spiro atoms. The fourth-order valence-corrected chi connectivity index (χ4v) is 4.01. The van der Waals surface area contributed by atoms with E-state index in [0.717, 1.165) is 48.2 Å². The number of carbonyl (C=O) groups excluding carboxylic acids is 1. The number of rotatable bonds is 7. The Bertz CT molecular complexity index is 732. The number of aromatic nitrogens is 2. The number of hydrogen-bond donors (Lipinski definition) is 1. The minimum Gasteiger partial charge on any atom is -0.355 e. The van der Waals surface area contributed by atoms with Gasteiger partial charge in [-0.05, 0) is 39.1 Å². The van der Waals surface area contributed by atoms with Gasteiger partial charge < -0.3 is 15.1 Å². The molecule has 0 atom stereocenters. The molecule has 0 bridgehead atoms. The predicted molar refractivity (Wildman–Crippen MR) is 109 cm³/mol. The molecule has 6 nitrogen and oxygen atoms in total. The second-order valence-corrected chi connectivity index (χ2v) is 8.02. The Labute approximate surface area is 165 Å². The number of nitrogens with one attached hydrogen (secondary N) is 1. The number of hydrogen-bond acceptors (Lipinski definition) is 6. The van der Waals surface area contributed by atoms with Gasteiger partial charge in [-0.15, -0.1) is 0 Å². The number of nitrogens with zero attached hydrogens (tertiary/aromatic N) is 4. The van der Waals surface area contributed by atoms with Crippen LogP contribution in [0.4, 0.5) is 5.82 Å². The summed E-state index contributed by atoms with van der Waals surface area (Å²) in [7, 11) is 4.02. The van der Waals surface area contributed by atoms with Crippen molar-refractivity contribution in [3.05, 3.63) is 42.7 Å². The SMILES string of the molecule is CN(C)CCNC(=O)C1CCN(c2nccnc2Sc2ccccc2)CC1. The first-order valence-electron chi connectivity index (χ1n) is 9.35. The average molecular weight is 386 g/mol. The first kappa shape index (κ1) is 19.6. The maximum atomic E-state index is 12.4. The van der Waals surface area contributed by atoms with Crippen molar-refractivity contribution < 1.29 is 4.79 Å². The zero-order valence-electron chi connectivity index (χ0n) is 16.0. The van der Waals surface area contributed by atoms with E-state index in [1.807, 2.05) is 32.3 Å². The van der Waals surface area contributed by atoms with E-state index in [0.29, 0.717) is 6.54 Å². The van der Waals surface area contributed by atoms with Crippen LogP contribution in [0.1, 0.15) is 12.8 Å². The van der Waals surface area contributed by atoms with Gasteiger partial charge in [-0.25, -0.2) is 9.97 Å². The van der Waals surface area contributed by atoms with Crippen LogP contribution in [0, 0.1) is 5.92 Å². The molecule has 27 heavy (non-hydrogen) atoms. The molecule has 0 saturated carbocycles. The van der Waals surface area contributed by atoms with Gasteiger partial charge >= 0.3 is 0 Å². The third kappa shape index (κ3) is 5.68. The van der Waals surface area contributed by atoms with Crippen LogP contribution in [0.2, 0.25) is 0 Å². The molecule has 0 aliphatic carbocycles. The molecule has 1 aromatic carbocycles. The highest BCUT2D eigenvalue weighted by atomic mass is 32.2. The summed E-state index contributed by atoms with van der Waals surface area (Å²) in [6.07, 6.45) is 5.17. The highest BCUT2D eigenvalue weighted by molar-refractivity contribution is 7.99. The van der Waals surface area contributed by atoms with Crippen LogP contribution in [0.15, 0.2) is 52.6 Å². The van der Waals surface area contributed by atoms with Gasteiger partial charge in [0.2, 0.25) is 5.91 Å². The van der Waals surface area contributed by atoms with Crippen molar-refractivity contribution in [2.24, 2.45) is 5.92 Å². The maximum Gasteiger partial charge on any atom is 0.223 e. The van der Waals surface area contributed by atoms with Crippen LogP contribution >= 0.6 is 11.8 Å². The van der Waals surface area contributed by atoms with E-state index in [-0.39, 0.29) is 11.8 Å². The van der Waals surface area contributed by atoms with E-state index in [1.165, 1.54) is 0 Å². The predicted octanol–water partition coefficient (Wildman–Crippen LogP) is 2.52. The highest BCUT2D eigenvalue weighted by Crippen LogP contribution is 2.33. The molecule has 2 heterocycles. The van der Waals surface area contributed by atoms with E-state index in [9.17, 15) is 4.79 Å². The second kappa shape index (κ2) is 9.71. The summed E-state index contributed by atoms with van der Waals surface area (Å²) in [5.41, 5.74) is 0. The van der Waals surface area contributed by atoms with Crippen LogP contribution in [-0.4, -0.2) is 61.0 Å². The molecule has 1 aliphatic rings. The van der Waals surface area contributed by atoms with Crippen molar-refractivity contribution in [1.29, 1.82) is 0 Å². The monoisotopic (exact) mass is 385 g/mol. The topological polar surface area (TPSA) is 61.4 Å². The molecule has 1 aliphatic heterocycles. The lowest BCUT2D eigenvalue weighted by Crippen LogP contribution is -2.42. The molecule has 1 aromatic heterocycles. The number of piperidine rings is 1. The molecule has 144 valence electrons. The third-order valence-electron chi connectivity index (χ3n) is 4.63. The highest BCUT2D eigenvalue weighted by Gasteiger charge is 2.26. The summed E-state index contributed by atoms with van der Waals surface area (Å²) in [5, 5.41) is 3.97. The van der Waals surface area contributed by atoms with E-state index in [4.69, 9.17) is 0 Å². The number of likely N-dealkylation sites (N-methyl/N-ethyl adjacent to an activating group) is 1. The Kier molecular flexibility index (Phi) is 7.06. The first-order chi connectivity index (χ1) is 13.1. The number of amides is 1. The van der Waals surface area contributed by atoms with Crippen molar-refractivity contribution in [3.8, 4) is 0 Å². The lowest BCUT2D eigenvalue weighted by Gasteiger charge is -2.32. The Morgan fingerprint density at radius 2 is 1.89 bits per heavy atom. The largest absolute Gasteiger partial charge is 0.355 e. The molecule has 0 unspecified atom stereocenters. The van der Waals surface area contributed by atoms with E-state index >= 15 is 0 Å². The third-order valence-corrected chi connectivity index (χ3v) is 5.62. The van der Waals surface area contributed by atoms with Crippen molar-refractivity contribution in [1.82, 2.24) is 20.2 Å². The molecule has 1 fully saturated rings. The van der Waals surface area contributed by atoms with Crippen LogP contribution in [0.3, 0.4) is 0 Å². The molecule has 1 N–H and O–H groups in total. The van der Waals surface area contributed by atoms with Gasteiger partial charge in [0.05, 0.1) is 0 Å². The second-order valence-electron chi connectivity index (χ2n) is 6.96. The summed E-state index contributed by atoms with van der Waals surface area (Å²) in [6, 6.07) is 10.2. The Hall–Kier alpha value is -2.12. The van der Waals surface area contributed by atoms with Crippen LogP contribution in [0.5, 0.6) is 0 Å². The molecule has 1 amide bonds. The Morgan fingerprint density at radius 3 is 2.59 bits per heavy atom. The van der Waals surface area contributed by atoms with Gasteiger partial charge in [-0.3, -0.25) is 4.79 Å². The van der Waals surface area contributed by atoms with Crippen molar-refractivity contribution in [2.45, 2.75) is 22.8 Å². The lowest BCUT2D eigenvalue weighted by atomic mass is 9.96. The quantitative estimate of drug-likeness (QED) is 0.790. The number of carbonyl (C=O) groups is 1. The molecule has 7 heteroatoms. The summed E-state index contributed by atoms with van der Waals surface area (Å²) < 4.78 is 0. The van der Waals surface area contributed by atoms with Crippen molar-refractivity contribution in [3.63, 3.8) is 0 Å². The van der Waals surface area contributed by atoms with Crippen LogP contribution < -0.4 is 10.2 Å². The summed E-state index contributed by atoms with van der Waals surface area (Å²) in [6.45, 7) is 3.22. The van der Waals surface area contributed by atoms with Crippen LogP contribution in [0.25, 0.3) is 0 Å². The smallest absolute Gasteiger partial charge is 0.223 e. The minimum atomic E-state index is 0.0883. The Balaban J connectivity index is 1.57. The van der Waals surface area contributed by atoms with Crippen molar-refractivity contribution >= 4 is 23.5 Å². The van der Waals surface area contributed by atoms with Crippen LogP contribution in [-0.2, 0) is 4.79 Å². The minimum absolute atomic E-state index is 0.0883. The summed E-state index contributed by atoms with van der Waals surface area (Å²) in [5.74, 6) is 1.18. The standard InChI is InChI=1S/C20H27N5OS/c1-24(2)15-12-22-19(26)16-8-13-25(14-9-16)18-20(23-11-10-21-18)27-17-6-4-3-5-7-17/h3-7,10-11,16H,8-9,12-15H2,1-2H3,(H,22,26). The number of benzene rings is 1. The fraction of sp³-hybridized carbons (Fsp3) is 0.450. The summed E-state index contributed by atoms with van der Waals surface area (Å²) >= 11 is 1.63. The van der Waals surface area contributed by atoms with E-state index in [2.05, 4.69) is 37.2 Å². The van der Waals surface area contributed by atoms with Gasteiger partial charge in [0.25, 0.3) is 0 Å². The van der Waals surface area contributed by atoms with E-state index < -0.39 is 0 Å². The molecule has 1 saturated heterocycles.